The Morgan fingerprint density at radius 3 is 2.36 bits per heavy atom. The first-order valence-corrected chi connectivity index (χ1v) is 4.50. The maximum absolute atomic E-state index is 5.14. The van der Waals surface area contributed by atoms with Crippen LogP contribution in [0.5, 0.6) is 0 Å². The Labute approximate surface area is 69.7 Å². The number of rotatable bonds is 5. The number of epoxide rings is 1. The van der Waals surface area contributed by atoms with Crippen LogP contribution in [0.3, 0.4) is 0 Å². The van der Waals surface area contributed by atoms with Gasteiger partial charge in [-0.15, -0.1) is 0 Å². The maximum atomic E-state index is 5.14. The van der Waals surface area contributed by atoms with E-state index in [1.165, 1.54) is 25.8 Å². The zero-order valence-corrected chi connectivity index (χ0v) is 7.97. The summed E-state index contributed by atoms with van der Waals surface area (Å²) in [7, 11) is 6.73. The predicted molar refractivity (Wildman–Crippen MR) is 46.5 cm³/mol. The van der Waals surface area contributed by atoms with Gasteiger partial charge in [-0.2, -0.15) is 0 Å². The summed E-state index contributed by atoms with van der Waals surface area (Å²) in [4.78, 5) is 0. The fourth-order valence-corrected chi connectivity index (χ4v) is 1.19. The molecule has 1 unspecified atom stereocenters. The monoisotopic (exact) mass is 158 g/mol. The molecule has 0 N–H and O–H groups in total. The molecule has 0 bridgehead atoms. The third-order valence-corrected chi connectivity index (χ3v) is 2.01. The van der Waals surface area contributed by atoms with E-state index in [-0.39, 0.29) is 0 Å². The van der Waals surface area contributed by atoms with Gasteiger partial charge in [-0.3, -0.25) is 0 Å². The summed E-state index contributed by atoms with van der Waals surface area (Å²) in [5.41, 5.74) is 0. The van der Waals surface area contributed by atoms with Crippen molar-refractivity contribution in [2.75, 3.05) is 34.3 Å². The average molecular weight is 158 g/mol. The Balaban J connectivity index is 1.87. The summed E-state index contributed by atoms with van der Waals surface area (Å²) in [6.45, 7) is 2.30. The molecule has 0 aromatic heterocycles. The van der Waals surface area contributed by atoms with Crippen LogP contribution in [0.15, 0.2) is 0 Å². The van der Waals surface area contributed by atoms with Gasteiger partial charge >= 0.3 is 0 Å². The quantitative estimate of drug-likeness (QED) is 0.333. The number of quaternary nitrogens is 1. The first-order chi connectivity index (χ1) is 5.08. The molecule has 1 rings (SSSR count). The van der Waals surface area contributed by atoms with Crippen molar-refractivity contribution in [1.29, 1.82) is 0 Å². The van der Waals surface area contributed by atoms with Crippen LogP contribution >= 0.6 is 0 Å². The molecule has 1 heterocycles. The van der Waals surface area contributed by atoms with Crippen molar-refractivity contribution in [2.45, 2.75) is 25.4 Å². The Hall–Kier alpha value is -0.0800. The molecular formula is C9H20NO+. The summed E-state index contributed by atoms with van der Waals surface area (Å²) in [6.07, 6.45) is 4.58. The lowest BCUT2D eigenvalue weighted by atomic mass is 10.2. The zero-order valence-electron chi connectivity index (χ0n) is 7.97. The van der Waals surface area contributed by atoms with Crippen LogP contribution in [-0.2, 0) is 4.74 Å². The number of hydrogen-bond acceptors (Lipinski definition) is 1. The smallest absolute Gasteiger partial charge is 0.0810 e. The van der Waals surface area contributed by atoms with Crippen molar-refractivity contribution in [3.63, 3.8) is 0 Å². The molecule has 1 atom stereocenters. The van der Waals surface area contributed by atoms with Gasteiger partial charge in [0.2, 0.25) is 0 Å². The van der Waals surface area contributed by atoms with E-state index in [4.69, 9.17) is 4.74 Å². The Kier molecular flexibility index (Phi) is 2.90. The van der Waals surface area contributed by atoms with Gasteiger partial charge in [0, 0.05) is 0 Å². The first kappa shape index (κ1) is 9.01. The summed E-state index contributed by atoms with van der Waals surface area (Å²) < 4.78 is 6.22. The normalized spacial score (nSPS) is 23.7. The minimum atomic E-state index is 0.627. The lowest BCUT2D eigenvalue weighted by Crippen LogP contribution is -2.35. The average Bonchev–Trinajstić information content (AvgIpc) is 2.60. The van der Waals surface area contributed by atoms with E-state index in [0.29, 0.717) is 6.10 Å². The Morgan fingerprint density at radius 2 is 1.91 bits per heavy atom. The second-order valence-corrected chi connectivity index (χ2v) is 4.47. The highest BCUT2D eigenvalue weighted by Crippen LogP contribution is 2.16. The van der Waals surface area contributed by atoms with E-state index in [2.05, 4.69) is 21.1 Å². The molecular weight excluding hydrogens is 138 g/mol. The maximum Gasteiger partial charge on any atom is 0.0810 e. The van der Waals surface area contributed by atoms with Crippen molar-refractivity contribution < 1.29 is 9.22 Å². The highest BCUT2D eigenvalue weighted by atomic mass is 16.6. The van der Waals surface area contributed by atoms with Crippen LogP contribution in [0.1, 0.15) is 19.3 Å². The second kappa shape index (κ2) is 3.55. The van der Waals surface area contributed by atoms with Gasteiger partial charge < -0.3 is 9.22 Å². The Bertz CT molecular complexity index is 113. The van der Waals surface area contributed by atoms with Gasteiger partial charge in [-0.25, -0.2) is 0 Å². The summed E-state index contributed by atoms with van der Waals surface area (Å²) >= 11 is 0. The van der Waals surface area contributed by atoms with Crippen LogP contribution in [-0.4, -0.2) is 44.9 Å². The van der Waals surface area contributed by atoms with E-state index < -0.39 is 0 Å². The van der Waals surface area contributed by atoms with Gasteiger partial charge in [0.05, 0.1) is 40.4 Å². The van der Waals surface area contributed by atoms with Crippen molar-refractivity contribution in [2.24, 2.45) is 0 Å². The summed E-state index contributed by atoms with van der Waals surface area (Å²) in [5, 5.41) is 0. The minimum absolute atomic E-state index is 0.627. The zero-order chi connectivity index (χ0) is 8.32. The van der Waals surface area contributed by atoms with Crippen LogP contribution in [0.25, 0.3) is 0 Å². The van der Waals surface area contributed by atoms with Gasteiger partial charge in [0.25, 0.3) is 0 Å². The third kappa shape index (κ3) is 5.22. The van der Waals surface area contributed by atoms with E-state index in [1.807, 2.05) is 0 Å². The number of nitrogens with zero attached hydrogens (tertiary/aromatic N) is 1. The molecule has 1 saturated heterocycles. The predicted octanol–water partition coefficient (Wildman–Crippen LogP) is 1.26. The minimum Gasteiger partial charge on any atom is -0.373 e. The number of hydrogen-bond donors (Lipinski definition) is 0. The molecule has 1 aliphatic heterocycles. The molecule has 0 aromatic rings. The van der Waals surface area contributed by atoms with E-state index in [9.17, 15) is 0 Å². The molecule has 0 spiro atoms. The fraction of sp³-hybridized carbons (Fsp3) is 1.00. The van der Waals surface area contributed by atoms with Crippen molar-refractivity contribution >= 4 is 0 Å². The van der Waals surface area contributed by atoms with Crippen LogP contribution in [0, 0.1) is 0 Å². The Morgan fingerprint density at radius 1 is 1.27 bits per heavy atom. The molecule has 0 radical (unpaired) electrons. The third-order valence-electron chi connectivity index (χ3n) is 2.01. The summed E-state index contributed by atoms with van der Waals surface area (Å²) in [6, 6.07) is 0. The van der Waals surface area contributed by atoms with Gasteiger partial charge in [-0.1, -0.05) is 0 Å². The lowest BCUT2D eigenvalue weighted by Gasteiger charge is -2.23. The molecule has 1 fully saturated rings. The van der Waals surface area contributed by atoms with Crippen LogP contribution in [0.4, 0.5) is 0 Å². The van der Waals surface area contributed by atoms with E-state index >= 15 is 0 Å². The molecule has 11 heavy (non-hydrogen) atoms. The number of unbranched alkanes of at least 4 members (excludes halogenated alkanes) is 1. The molecule has 0 aromatic carbocycles. The topological polar surface area (TPSA) is 12.5 Å². The molecule has 2 heteroatoms. The van der Waals surface area contributed by atoms with Gasteiger partial charge in [0.1, 0.15) is 0 Å². The van der Waals surface area contributed by atoms with Crippen LogP contribution < -0.4 is 0 Å². The van der Waals surface area contributed by atoms with Crippen molar-refractivity contribution in [3.05, 3.63) is 0 Å². The molecule has 0 saturated carbocycles. The second-order valence-electron chi connectivity index (χ2n) is 4.47. The molecule has 0 amide bonds. The standard InChI is InChI=1S/C9H20NO/c1-10(2,3)7-5-4-6-9-8-11-9/h9H,4-8H2,1-3H3/q+1. The van der Waals surface area contributed by atoms with E-state index in [1.54, 1.807) is 0 Å². The first-order valence-electron chi connectivity index (χ1n) is 4.50. The van der Waals surface area contributed by atoms with Crippen LogP contribution in [0.2, 0.25) is 0 Å². The van der Waals surface area contributed by atoms with Crippen molar-refractivity contribution in [1.82, 2.24) is 0 Å². The van der Waals surface area contributed by atoms with E-state index in [0.717, 1.165) is 11.1 Å². The van der Waals surface area contributed by atoms with Gasteiger partial charge in [-0.05, 0) is 19.3 Å². The lowest BCUT2D eigenvalue weighted by molar-refractivity contribution is -0.870. The molecule has 0 aliphatic carbocycles. The SMILES string of the molecule is C[N+](C)(C)CCCCC1CO1. The molecule has 1 aliphatic rings. The van der Waals surface area contributed by atoms with Crippen molar-refractivity contribution in [3.8, 4) is 0 Å². The largest absolute Gasteiger partial charge is 0.373 e. The highest BCUT2D eigenvalue weighted by molar-refractivity contribution is 4.67. The molecule has 66 valence electrons. The van der Waals surface area contributed by atoms with Gasteiger partial charge in [0.15, 0.2) is 0 Å². The highest BCUT2D eigenvalue weighted by Gasteiger charge is 2.21. The number of ether oxygens (including phenoxy) is 1. The fourth-order valence-electron chi connectivity index (χ4n) is 1.19. The summed E-state index contributed by atoms with van der Waals surface area (Å²) in [5.74, 6) is 0. The molecule has 2 nitrogen and oxygen atoms in total.